The van der Waals surface area contributed by atoms with Gasteiger partial charge in [0.1, 0.15) is 25.4 Å². The fourth-order valence-corrected chi connectivity index (χ4v) is 6.07. The first-order valence-electron chi connectivity index (χ1n) is 17.3. The molecule has 2 fully saturated rings. The molecule has 1 aromatic heterocycles. The summed E-state index contributed by atoms with van der Waals surface area (Å²) in [5.41, 5.74) is 1.17. The minimum Gasteiger partial charge on any atom is -0.481 e. The van der Waals surface area contributed by atoms with E-state index < -0.39 is 67.5 Å². The molecule has 2 saturated heterocycles. The molecule has 0 bridgehead atoms. The van der Waals surface area contributed by atoms with Crippen LogP contribution in [0.5, 0.6) is 5.88 Å². The number of hydrogen-bond acceptors (Lipinski definition) is 9. The number of ether oxygens (including phenoxy) is 2. The highest BCUT2D eigenvalue weighted by molar-refractivity contribution is 5.96. The van der Waals surface area contributed by atoms with Gasteiger partial charge in [-0.15, -0.1) is 0 Å². The molecule has 0 unspecified atom stereocenters. The molecular formula is C36H42FN7O9. The molecule has 282 valence electrons. The molecule has 2 aliphatic rings. The molecule has 5 amide bonds. The highest BCUT2D eigenvalue weighted by Crippen LogP contribution is 2.22. The minimum atomic E-state index is -1.22. The number of benzene rings is 2. The second-order valence-electron chi connectivity index (χ2n) is 12.4. The molecule has 2 aliphatic heterocycles. The van der Waals surface area contributed by atoms with Crippen LogP contribution in [0.2, 0.25) is 0 Å². The summed E-state index contributed by atoms with van der Waals surface area (Å²) in [6.07, 6.45) is -0.114. The fourth-order valence-electron chi connectivity index (χ4n) is 6.07. The van der Waals surface area contributed by atoms with Crippen LogP contribution in [0.3, 0.4) is 0 Å². The van der Waals surface area contributed by atoms with E-state index in [1.165, 1.54) is 25.4 Å². The third-order valence-electron chi connectivity index (χ3n) is 8.83. The van der Waals surface area contributed by atoms with E-state index in [4.69, 9.17) is 9.47 Å². The zero-order chi connectivity index (χ0) is 37.7. The van der Waals surface area contributed by atoms with Crippen LogP contribution in [0.25, 0.3) is 5.69 Å². The third-order valence-corrected chi connectivity index (χ3v) is 8.83. The number of carboxylic acid groups (broad SMARTS) is 1. The van der Waals surface area contributed by atoms with Crippen molar-refractivity contribution in [2.75, 3.05) is 52.6 Å². The van der Waals surface area contributed by atoms with E-state index in [9.17, 15) is 38.3 Å². The van der Waals surface area contributed by atoms with E-state index in [2.05, 4.69) is 15.7 Å². The molecule has 3 N–H and O–H groups in total. The van der Waals surface area contributed by atoms with E-state index in [-0.39, 0.29) is 57.3 Å². The maximum atomic E-state index is 13.6. The average Bonchev–Trinajstić information content (AvgIpc) is 3.86. The number of carbonyl (C=O) groups is 6. The number of para-hydroxylation sites is 1. The van der Waals surface area contributed by atoms with Gasteiger partial charge in [-0.1, -0.05) is 48.5 Å². The Morgan fingerprint density at radius 3 is 2.28 bits per heavy atom. The van der Waals surface area contributed by atoms with Crippen LogP contribution < -0.4 is 15.4 Å². The summed E-state index contributed by atoms with van der Waals surface area (Å²) in [4.78, 5) is 81.3. The first-order chi connectivity index (χ1) is 25.6. The van der Waals surface area contributed by atoms with Crippen LogP contribution in [-0.2, 0) is 30.5 Å². The molecule has 3 aromatic rings. The zero-order valence-electron chi connectivity index (χ0n) is 29.0. The van der Waals surface area contributed by atoms with Crippen molar-refractivity contribution in [1.29, 1.82) is 0 Å². The fraction of sp³-hybridized carbons (Fsp3) is 0.417. The Balaban J connectivity index is 1.24. The van der Waals surface area contributed by atoms with Crippen LogP contribution in [-0.4, -0.2) is 130 Å². The van der Waals surface area contributed by atoms with Gasteiger partial charge in [-0.05, 0) is 37.0 Å². The number of piperazine rings is 1. The Bertz CT molecular complexity index is 1750. The highest BCUT2D eigenvalue weighted by atomic mass is 19.1. The number of alkyl halides is 1. The quantitative estimate of drug-likeness (QED) is 0.207. The van der Waals surface area contributed by atoms with Crippen molar-refractivity contribution in [2.24, 2.45) is 0 Å². The van der Waals surface area contributed by atoms with E-state index in [0.29, 0.717) is 25.1 Å². The number of aliphatic carboxylic acids is 1. The van der Waals surface area contributed by atoms with Crippen LogP contribution >= 0.6 is 0 Å². The molecule has 53 heavy (non-hydrogen) atoms. The van der Waals surface area contributed by atoms with Crippen LogP contribution in [0.4, 0.5) is 9.18 Å². The van der Waals surface area contributed by atoms with Crippen LogP contribution in [0.1, 0.15) is 41.7 Å². The van der Waals surface area contributed by atoms with Crippen molar-refractivity contribution in [3.63, 3.8) is 0 Å². The van der Waals surface area contributed by atoms with Gasteiger partial charge in [-0.25, -0.2) is 13.9 Å². The molecule has 2 aromatic carbocycles. The van der Waals surface area contributed by atoms with Gasteiger partial charge >= 0.3 is 12.1 Å². The number of carboxylic acids is 1. The largest absolute Gasteiger partial charge is 0.481 e. The topological polar surface area (TPSA) is 193 Å². The molecule has 2 atom stereocenters. The van der Waals surface area contributed by atoms with E-state index >= 15 is 0 Å². The van der Waals surface area contributed by atoms with Gasteiger partial charge in [0, 0.05) is 51.8 Å². The van der Waals surface area contributed by atoms with Gasteiger partial charge in [0.2, 0.25) is 17.7 Å². The number of carbonyl (C=O) groups excluding carboxylic acids is 5. The predicted molar refractivity (Wildman–Crippen MR) is 186 cm³/mol. The molecule has 5 rings (SSSR count). The predicted octanol–water partition coefficient (Wildman–Crippen LogP) is 1.77. The number of nitrogens with one attached hydrogen (secondary N) is 2. The van der Waals surface area contributed by atoms with Gasteiger partial charge in [0.15, 0.2) is 12.3 Å². The minimum absolute atomic E-state index is 0.0241. The van der Waals surface area contributed by atoms with Crippen LogP contribution in [0, 0.1) is 0 Å². The van der Waals surface area contributed by atoms with Gasteiger partial charge in [0.25, 0.3) is 11.8 Å². The number of amides is 5. The summed E-state index contributed by atoms with van der Waals surface area (Å²) in [6.45, 7) is -0.301. The lowest BCUT2D eigenvalue weighted by molar-refractivity contribution is -0.140. The molecule has 16 nitrogen and oxygen atoms in total. The SMILES string of the molecule is O=C(O)CC[C@H](NC(=O)c1cc(OCC(=O)N2CCC[C@H]2C(=O)NCCF)n(-c2ccccc2)n1)C(=O)N1CCN(C(=O)OCc2ccccc2)CC1. The van der Waals surface area contributed by atoms with Crippen molar-refractivity contribution in [2.45, 2.75) is 44.4 Å². The lowest BCUT2D eigenvalue weighted by atomic mass is 10.1. The van der Waals surface area contributed by atoms with Crippen molar-refractivity contribution in [3.05, 3.63) is 78.0 Å². The average molecular weight is 736 g/mol. The number of rotatable bonds is 15. The first kappa shape index (κ1) is 38.2. The summed E-state index contributed by atoms with van der Waals surface area (Å²) in [5, 5.41) is 18.8. The smallest absolute Gasteiger partial charge is 0.410 e. The zero-order valence-corrected chi connectivity index (χ0v) is 29.0. The van der Waals surface area contributed by atoms with Crippen molar-refractivity contribution in [1.82, 2.24) is 35.1 Å². The second kappa shape index (κ2) is 18.5. The third kappa shape index (κ3) is 10.3. The second-order valence-corrected chi connectivity index (χ2v) is 12.4. The molecule has 0 radical (unpaired) electrons. The normalized spacial score (nSPS) is 16.1. The van der Waals surface area contributed by atoms with E-state index in [1.54, 1.807) is 30.3 Å². The number of hydrogen-bond donors (Lipinski definition) is 3. The van der Waals surface area contributed by atoms with Gasteiger partial charge in [-0.2, -0.15) is 5.10 Å². The number of halogens is 1. The summed E-state index contributed by atoms with van der Waals surface area (Å²) >= 11 is 0. The van der Waals surface area contributed by atoms with Gasteiger partial charge < -0.3 is 39.9 Å². The number of nitrogens with zero attached hydrogens (tertiary/aromatic N) is 5. The van der Waals surface area contributed by atoms with Crippen molar-refractivity contribution >= 4 is 35.7 Å². The maximum Gasteiger partial charge on any atom is 0.410 e. The Kier molecular flexibility index (Phi) is 13.3. The van der Waals surface area contributed by atoms with Crippen molar-refractivity contribution < 1.29 is 47.7 Å². The molecule has 0 saturated carbocycles. The van der Waals surface area contributed by atoms with Crippen molar-refractivity contribution in [3.8, 4) is 11.6 Å². The maximum absolute atomic E-state index is 13.6. The number of likely N-dealkylation sites (tertiary alicyclic amines) is 1. The summed E-state index contributed by atoms with van der Waals surface area (Å²) in [5.74, 6) is -3.37. The Labute approximate surface area is 304 Å². The summed E-state index contributed by atoms with van der Waals surface area (Å²) in [7, 11) is 0. The Morgan fingerprint density at radius 2 is 1.60 bits per heavy atom. The molecule has 0 aliphatic carbocycles. The highest BCUT2D eigenvalue weighted by Gasteiger charge is 2.35. The monoisotopic (exact) mass is 735 g/mol. The Hall–Kier alpha value is -6.00. The number of aromatic nitrogens is 2. The van der Waals surface area contributed by atoms with Gasteiger partial charge in [-0.3, -0.25) is 24.0 Å². The Morgan fingerprint density at radius 1 is 0.925 bits per heavy atom. The lowest BCUT2D eigenvalue weighted by Crippen LogP contribution is -2.56. The molecule has 3 heterocycles. The van der Waals surface area contributed by atoms with Gasteiger partial charge in [0.05, 0.1) is 5.69 Å². The van der Waals surface area contributed by atoms with E-state index in [0.717, 1.165) is 5.56 Å². The summed E-state index contributed by atoms with van der Waals surface area (Å²) < 4.78 is 25.1. The molecular weight excluding hydrogens is 693 g/mol. The molecule has 0 spiro atoms. The summed E-state index contributed by atoms with van der Waals surface area (Å²) in [6, 6.07) is 17.2. The van der Waals surface area contributed by atoms with Crippen LogP contribution in [0.15, 0.2) is 66.7 Å². The van der Waals surface area contributed by atoms with E-state index in [1.807, 2.05) is 30.3 Å². The standard InChI is InChI=1S/C36H42FN7O9/c37-15-16-38-34(49)29-12-7-17-43(29)30(45)24-52-31-22-28(40-44(31)26-10-5-2-6-11-26)33(48)39-27(13-14-32(46)47)35(50)41-18-20-42(21-19-41)36(51)53-23-25-8-3-1-4-9-25/h1-6,8-11,22,27,29H,7,12-21,23-24H2,(H,38,49)(H,39,48)(H,46,47)/t27-,29-/m0/s1. The first-order valence-corrected chi connectivity index (χ1v) is 17.3. The molecule has 17 heteroatoms. The lowest BCUT2D eigenvalue weighted by Gasteiger charge is -2.36.